The van der Waals surface area contributed by atoms with Gasteiger partial charge in [-0.1, -0.05) is 29.1 Å². The van der Waals surface area contributed by atoms with E-state index in [0.717, 1.165) is 17.2 Å². The highest BCUT2D eigenvalue weighted by Gasteiger charge is 2.17. The Morgan fingerprint density at radius 2 is 1.90 bits per heavy atom. The number of imidazole rings is 1. The average molecular weight is 391 g/mol. The van der Waals surface area contributed by atoms with Gasteiger partial charge in [0.25, 0.3) is 0 Å². The Kier molecular flexibility index (Phi) is 5.66. The Morgan fingerprint density at radius 3 is 2.55 bits per heavy atom. The highest BCUT2D eigenvalue weighted by molar-refractivity contribution is 6.00. The molecule has 1 aliphatic rings. The first-order chi connectivity index (χ1) is 14.2. The molecule has 4 rings (SSSR count). The van der Waals surface area contributed by atoms with Crippen LogP contribution in [0.5, 0.6) is 0 Å². The topological polar surface area (TPSA) is 39.4 Å². The van der Waals surface area contributed by atoms with Gasteiger partial charge in [-0.2, -0.15) is 0 Å². The molecule has 146 valence electrons. The van der Waals surface area contributed by atoms with E-state index in [-0.39, 0.29) is 6.61 Å². The van der Waals surface area contributed by atoms with Gasteiger partial charge in [0.05, 0.1) is 12.9 Å². The summed E-state index contributed by atoms with van der Waals surface area (Å²) in [6.45, 7) is 0.414. The zero-order valence-corrected chi connectivity index (χ0v) is 15.7. The Labute approximate surface area is 167 Å². The lowest BCUT2D eigenvalue weighted by atomic mass is 10.1. The second-order valence-electron chi connectivity index (χ2n) is 6.95. The third-order valence-electron chi connectivity index (χ3n) is 4.44. The fraction of sp³-hybridized carbons (Fsp3) is 0.217. The van der Waals surface area contributed by atoms with Crippen molar-refractivity contribution < 1.29 is 13.6 Å². The van der Waals surface area contributed by atoms with Crippen molar-refractivity contribution in [2.24, 2.45) is 11.1 Å². The van der Waals surface area contributed by atoms with Crippen LogP contribution < -0.4 is 0 Å². The molecule has 6 heteroatoms. The van der Waals surface area contributed by atoms with Crippen LogP contribution in [-0.4, -0.2) is 15.3 Å². The number of rotatable bonds is 6. The van der Waals surface area contributed by atoms with E-state index in [4.69, 9.17) is 4.84 Å². The number of hydrogen-bond donors (Lipinski definition) is 0. The number of hydrogen-bond acceptors (Lipinski definition) is 3. The second kappa shape index (κ2) is 8.70. The van der Waals surface area contributed by atoms with Crippen LogP contribution >= 0.6 is 0 Å². The minimum absolute atomic E-state index is 0.0347. The van der Waals surface area contributed by atoms with Gasteiger partial charge in [0.15, 0.2) is 0 Å². The third-order valence-corrected chi connectivity index (χ3v) is 4.44. The summed E-state index contributed by atoms with van der Waals surface area (Å²) >= 11 is 0. The lowest BCUT2D eigenvalue weighted by molar-refractivity contribution is 0.129. The summed E-state index contributed by atoms with van der Waals surface area (Å²) in [5.41, 5.74) is 2.88. The molecule has 4 nitrogen and oxygen atoms in total. The molecule has 0 spiro atoms. The molecule has 2 aromatic carbocycles. The van der Waals surface area contributed by atoms with Crippen molar-refractivity contribution in [2.75, 3.05) is 0 Å². The standard InChI is InChI=1S/C23H19F2N3O/c24-21-11-19(12-22(25)13-21)15-29-27-23(14-28-10-9-26-16-28)20-7-5-18(6-8-20)4-3-17-1-2-17/h5-13,16-17H,1-2,14-15H2. The average Bonchev–Trinajstić information content (AvgIpc) is 3.39. The van der Waals surface area contributed by atoms with Gasteiger partial charge >= 0.3 is 0 Å². The molecule has 0 N–H and O–H groups in total. The highest BCUT2D eigenvalue weighted by Crippen LogP contribution is 2.27. The number of benzene rings is 2. The van der Waals surface area contributed by atoms with E-state index < -0.39 is 11.6 Å². The van der Waals surface area contributed by atoms with Crippen molar-refractivity contribution in [1.29, 1.82) is 0 Å². The number of halogens is 2. The Bertz CT molecular complexity index is 1040. The summed E-state index contributed by atoms with van der Waals surface area (Å²) in [7, 11) is 0. The van der Waals surface area contributed by atoms with Gasteiger partial charge in [0, 0.05) is 35.5 Å². The van der Waals surface area contributed by atoms with E-state index in [1.165, 1.54) is 25.0 Å². The van der Waals surface area contributed by atoms with Crippen LogP contribution in [0.2, 0.25) is 0 Å². The first-order valence-corrected chi connectivity index (χ1v) is 9.37. The van der Waals surface area contributed by atoms with Gasteiger partial charge in [0.2, 0.25) is 0 Å². The van der Waals surface area contributed by atoms with E-state index in [1.54, 1.807) is 12.5 Å². The third kappa shape index (κ3) is 5.52. The predicted octanol–water partition coefficient (Wildman–Crippen LogP) is 4.54. The van der Waals surface area contributed by atoms with Crippen LogP contribution in [0.4, 0.5) is 8.78 Å². The molecule has 1 aliphatic carbocycles. The van der Waals surface area contributed by atoms with Crippen LogP contribution in [0.3, 0.4) is 0 Å². The van der Waals surface area contributed by atoms with E-state index in [1.807, 2.05) is 35.0 Å². The molecular weight excluding hydrogens is 372 g/mol. The maximum Gasteiger partial charge on any atom is 0.142 e. The zero-order chi connectivity index (χ0) is 20.1. The number of oxime groups is 1. The van der Waals surface area contributed by atoms with Gasteiger partial charge in [-0.3, -0.25) is 0 Å². The first-order valence-electron chi connectivity index (χ1n) is 9.37. The number of aromatic nitrogens is 2. The molecule has 0 bridgehead atoms. The minimum Gasteiger partial charge on any atom is -0.391 e. The zero-order valence-electron chi connectivity index (χ0n) is 15.7. The summed E-state index contributed by atoms with van der Waals surface area (Å²) in [5, 5.41) is 4.22. The smallest absolute Gasteiger partial charge is 0.142 e. The summed E-state index contributed by atoms with van der Waals surface area (Å²) in [6.07, 6.45) is 7.59. The molecule has 0 aliphatic heterocycles. The maximum absolute atomic E-state index is 13.3. The van der Waals surface area contributed by atoms with Crippen LogP contribution in [0.15, 0.2) is 66.3 Å². The van der Waals surface area contributed by atoms with Crippen molar-refractivity contribution in [1.82, 2.24) is 9.55 Å². The predicted molar refractivity (Wildman–Crippen MR) is 106 cm³/mol. The molecule has 0 saturated heterocycles. The van der Waals surface area contributed by atoms with Gasteiger partial charge in [-0.25, -0.2) is 13.8 Å². The second-order valence-corrected chi connectivity index (χ2v) is 6.95. The summed E-state index contributed by atoms with van der Waals surface area (Å²) in [6, 6.07) is 11.1. The highest BCUT2D eigenvalue weighted by atomic mass is 19.1. The SMILES string of the molecule is Fc1cc(F)cc(CON=C(Cn2ccnc2)c2ccc(C#CC3CC3)cc2)c1. The van der Waals surface area contributed by atoms with Gasteiger partial charge < -0.3 is 9.40 Å². The number of nitrogens with zero attached hydrogens (tertiary/aromatic N) is 3. The first kappa shape index (κ1) is 18.9. The molecule has 0 atom stereocenters. The monoisotopic (exact) mass is 391 g/mol. The molecule has 29 heavy (non-hydrogen) atoms. The van der Waals surface area contributed by atoms with E-state index in [2.05, 4.69) is 22.0 Å². The van der Waals surface area contributed by atoms with Crippen LogP contribution in [0, 0.1) is 29.4 Å². The van der Waals surface area contributed by atoms with Crippen molar-refractivity contribution in [3.05, 3.63) is 89.5 Å². The van der Waals surface area contributed by atoms with E-state index in [0.29, 0.717) is 23.7 Å². The molecule has 1 saturated carbocycles. The molecule has 1 fully saturated rings. The van der Waals surface area contributed by atoms with Crippen molar-refractivity contribution in [2.45, 2.75) is 26.0 Å². The quantitative estimate of drug-likeness (QED) is 0.351. The Morgan fingerprint density at radius 1 is 1.14 bits per heavy atom. The van der Waals surface area contributed by atoms with Crippen LogP contribution in [0.25, 0.3) is 0 Å². The van der Waals surface area contributed by atoms with Gasteiger partial charge in [-0.05, 0) is 42.7 Å². The molecule has 0 radical (unpaired) electrons. The molecule has 1 heterocycles. The fourth-order valence-electron chi connectivity index (χ4n) is 2.76. The molecular formula is C23H19F2N3O. The van der Waals surface area contributed by atoms with Crippen molar-refractivity contribution in [3.8, 4) is 11.8 Å². The summed E-state index contributed by atoms with van der Waals surface area (Å²) in [4.78, 5) is 9.45. The van der Waals surface area contributed by atoms with Gasteiger partial charge in [0.1, 0.15) is 24.0 Å². The van der Waals surface area contributed by atoms with Crippen molar-refractivity contribution >= 4 is 5.71 Å². The molecule has 0 unspecified atom stereocenters. The Hall–Kier alpha value is -3.46. The largest absolute Gasteiger partial charge is 0.391 e. The summed E-state index contributed by atoms with van der Waals surface area (Å²) < 4.78 is 28.5. The van der Waals surface area contributed by atoms with Crippen LogP contribution in [0.1, 0.15) is 29.5 Å². The lowest BCUT2D eigenvalue weighted by Gasteiger charge is -2.09. The van der Waals surface area contributed by atoms with Gasteiger partial charge in [-0.15, -0.1) is 0 Å². The maximum atomic E-state index is 13.3. The molecule has 0 amide bonds. The van der Waals surface area contributed by atoms with Crippen LogP contribution in [-0.2, 0) is 18.0 Å². The minimum atomic E-state index is -0.644. The Balaban J connectivity index is 1.50. The molecule has 3 aromatic rings. The fourth-order valence-corrected chi connectivity index (χ4v) is 2.76. The van der Waals surface area contributed by atoms with E-state index in [9.17, 15) is 8.78 Å². The molecule has 1 aromatic heterocycles. The van der Waals surface area contributed by atoms with E-state index >= 15 is 0 Å². The summed E-state index contributed by atoms with van der Waals surface area (Å²) in [5.74, 6) is 5.69. The van der Waals surface area contributed by atoms with Crippen molar-refractivity contribution in [3.63, 3.8) is 0 Å². The normalized spacial score (nSPS) is 13.7. The lowest BCUT2D eigenvalue weighted by Crippen LogP contribution is -2.11.